The fourth-order valence-electron chi connectivity index (χ4n) is 3.87. The highest BCUT2D eigenvalue weighted by atomic mass is 16.5. The lowest BCUT2D eigenvalue weighted by molar-refractivity contribution is -0.121. The maximum Gasteiger partial charge on any atom is 0.242 e. The molecule has 1 saturated heterocycles. The number of nitrogens with one attached hydrogen (secondary N) is 3. The number of hydrogen-bond acceptors (Lipinski definition) is 5. The van der Waals surface area contributed by atoms with Crippen LogP contribution in [0.15, 0.2) is 23.2 Å². The van der Waals surface area contributed by atoms with Crippen LogP contribution in [-0.4, -0.2) is 68.2 Å². The average Bonchev–Trinajstić information content (AvgIpc) is 3.11. The predicted molar refractivity (Wildman–Crippen MR) is 129 cm³/mol. The highest BCUT2D eigenvalue weighted by molar-refractivity contribution is 5.95. The number of nitrogens with zero attached hydrogens (tertiary/aromatic N) is 2. The number of hydrogen-bond donors (Lipinski definition) is 3. The number of likely N-dealkylation sites (tertiary alicyclic amines) is 1. The number of carbonyl (C=O) groups is 1. The summed E-state index contributed by atoms with van der Waals surface area (Å²) in [7, 11) is 0. The van der Waals surface area contributed by atoms with E-state index in [0.717, 1.165) is 36.7 Å². The fraction of sp³-hybridized carbons (Fsp3) is 0.667. The minimum Gasteiger partial charge on any atom is -0.490 e. The van der Waals surface area contributed by atoms with Gasteiger partial charge in [-0.1, -0.05) is 6.92 Å². The molecule has 0 aromatic heterocycles. The number of aliphatic imine (C=N–C) groups is 1. The first-order chi connectivity index (χ1) is 15.3. The molecule has 2 heterocycles. The van der Waals surface area contributed by atoms with Crippen molar-refractivity contribution in [2.45, 2.75) is 52.5 Å². The van der Waals surface area contributed by atoms with Gasteiger partial charge in [0.1, 0.15) is 6.54 Å². The van der Waals surface area contributed by atoms with Gasteiger partial charge in [-0.15, -0.1) is 0 Å². The fourth-order valence-corrected chi connectivity index (χ4v) is 3.87. The van der Waals surface area contributed by atoms with Crippen molar-refractivity contribution in [3.05, 3.63) is 18.2 Å². The smallest absolute Gasteiger partial charge is 0.242 e. The van der Waals surface area contributed by atoms with Crippen LogP contribution in [0.25, 0.3) is 0 Å². The second-order valence-corrected chi connectivity index (χ2v) is 9.79. The Labute approximate surface area is 192 Å². The Balaban J connectivity index is 1.64. The zero-order chi connectivity index (χ0) is 23.0. The third-order valence-electron chi connectivity index (χ3n) is 5.29. The summed E-state index contributed by atoms with van der Waals surface area (Å²) < 4.78 is 11.5. The molecule has 32 heavy (non-hydrogen) atoms. The average molecular weight is 446 g/mol. The number of amides is 1. The zero-order valence-corrected chi connectivity index (χ0v) is 20.0. The van der Waals surface area contributed by atoms with Crippen molar-refractivity contribution < 1.29 is 14.3 Å². The third kappa shape index (κ3) is 8.22. The SMILES string of the molecule is CC(CNC(=NCC(=O)NC(C)(C)C)Nc1ccc2c(c1)OCCCO2)CN1CCCC1. The van der Waals surface area contributed by atoms with E-state index in [0.29, 0.717) is 25.1 Å². The minimum absolute atomic E-state index is 0.0532. The van der Waals surface area contributed by atoms with Gasteiger partial charge < -0.3 is 30.3 Å². The molecule has 0 bridgehead atoms. The molecule has 0 radical (unpaired) electrons. The first-order valence-corrected chi connectivity index (χ1v) is 11.8. The molecule has 2 aliphatic heterocycles. The van der Waals surface area contributed by atoms with Gasteiger partial charge in [0.05, 0.1) is 13.2 Å². The van der Waals surface area contributed by atoms with Crippen LogP contribution in [0.5, 0.6) is 11.5 Å². The normalized spacial score (nSPS) is 18.1. The Morgan fingerprint density at radius 1 is 1.12 bits per heavy atom. The number of fused-ring (bicyclic) bond motifs is 1. The molecule has 3 rings (SSSR count). The molecule has 2 aliphatic rings. The van der Waals surface area contributed by atoms with Gasteiger partial charge in [0.2, 0.25) is 5.91 Å². The van der Waals surface area contributed by atoms with E-state index in [2.05, 4.69) is 32.8 Å². The van der Waals surface area contributed by atoms with E-state index in [4.69, 9.17) is 9.47 Å². The number of benzene rings is 1. The molecule has 0 saturated carbocycles. The van der Waals surface area contributed by atoms with Crippen LogP contribution in [0.1, 0.15) is 47.0 Å². The number of guanidine groups is 1. The molecule has 8 heteroatoms. The van der Waals surface area contributed by atoms with Crippen LogP contribution in [-0.2, 0) is 4.79 Å². The molecule has 1 aromatic carbocycles. The zero-order valence-electron chi connectivity index (χ0n) is 20.0. The standard InChI is InChI=1S/C24H39N5O3/c1-18(17-29-10-5-6-11-29)15-25-23(26-16-22(30)28-24(2,3)4)27-19-8-9-20-21(14-19)32-13-7-12-31-20/h8-9,14,18H,5-7,10-13,15-17H2,1-4H3,(H,28,30)(H2,25,26,27). The number of ether oxygens (including phenoxy) is 2. The van der Waals surface area contributed by atoms with E-state index >= 15 is 0 Å². The van der Waals surface area contributed by atoms with E-state index in [9.17, 15) is 4.79 Å². The van der Waals surface area contributed by atoms with Gasteiger partial charge in [-0.3, -0.25) is 4.79 Å². The van der Waals surface area contributed by atoms with E-state index in [1.54, 1.807) is 0 Å². The van der Waals surface area contributed by atoms with Gasteiger partial charge >= 0.3 is 0 Å². The minimum atomic E-state index is -0.286. The summed E-state index contributed by atoms with van der Waals surface area (Å²) in [6.45, 7) is 13.7. The topological polar surface area (TPSA) is 87.2 Å². The van der Waals surface area contributed by atoms with Gasteiger partial charge in [-0.05, 0) is 64.8 Å². The molecule has 3 N–H and O–H groups in total. The van der Waals surface area contributed by atoms with Crippen LogP contribution >= 0.6 is 0 Å². The highest BCUT2D eigenvalue weighted by Gasteiger charge is 2.17. The van der Waals surface area contributed by atoms with Crippen LogP contribution < -0.4 is 25.4 Å². The second kappa shape index (κ2) is 11.4. The van der Waals surface area contributed by atoms with E-state index in [1.165, 1.54) is 25.9 Å². The Kier molecular flexibility index (Phi) is 8.61. The van der Waals surface area contributed by atoms with Crippen molar-refractivity contribution in [3.63, 3.8) is 0 Å². The lowest BCUT2D eigenvalue weighted by Crippen LogP contribution is -2.43. The van der Waals surface area contributed by atoms with Crippen molar-refractivity contribution in [1.29, 1.82) is 0 Å². The summed E-state index contributed by atoms with van der Waals surface area (Å²) in [4.78, 5) is 19.3. The van der Waals surface area contributed by atoms with Gasteiger partial charge in [0.25, 0.3) is 0 Å². The molecular weight excluding hydrogens is 406 g/mol. The van der Waals surface area contributed by atoms with Crippen molar-refractivity contribution in [2.24, 2.45) is 10.9 Å². The first kappa shape index (κ1) is 24.2. The molecule has 0 aliphatic carbocycles. The van der Waals surface area contributed by atoms with Crippen molar-refractivity contribution in [3.8, 4) is 11.5 Å². The first-order valence-electron chi connectivity index (χ1n) is 11.8. The largest absolute Gasteiger partial charge is 0.490 e. The molecule has 178 valence electrons. The molecule has 1 atom stereocenters. The Morgan fingerprint density at radius 2 is 1.84 bits per heavy atom. The third-order valence-corrected chi connectivity index (χ3v) is 5.29. The van der Waals surface area contributed by atoms with Crippen molar-refractivity contribution >= 4 is 17.6 Å². The van der Waals surface area contributed by atoms with E-state index in [-0.39, 0.29) is 18.0 Å². The summed E-state index contributed by atoms with van der Waals surface area (Å²) >= 11 is 0. The maximum atomic E-state index is 12.3. The molecule has 1 aromatic rings. The number of rotatable bonds is 7. The van der Waals surface area contributed by atoms with Crippen molar-refractivity contribution in [2.75, 3.05) is 51.3 Å². The van der Waals surface area contributed by atoms with Gasteiger partial charge in [-0.25, -0.2) is 4.99 Å². The molecular formula is C24H39N5O3. The van der Waals surface area contributed by atoms with E-state index < -0.39 is 0 Å². The van der Waals surface area contributed by atoms with Gasteiger partial charge in [0.15, 0.2) is 17.5 Å². The Hall–Kier alpha value is -2.48. The highest BCUT2D eigenvalue weighted by Crippen LogP contribution is 2.32. The van der Waals surface area contributed by atoms with Gasteiger partial charge in [0, 0.05) is 36.8 Å². The van der Waals surface area contributed by atoms with E-state index in [1.807, 2.05) is 39.0 Å². The monoisotopic (exact) mass is 445 g/mol. The molecule has 1 amide bonds. The van der Waals surface area contributed by atoms with Crippen LogP contribution in [0, 0.1) is 5.92 Å². The summed E-state index contributed by atoms with van der Waals surface area (Å²) in [5.74, 6) is 2.41. The van der Waals surface area contributed by atoms with Gasteiger partial charge in [-0.2, -0.15) is 0 Å². The van der Waals surface area contributed by atoms with Crippen LogP contribution in [0.4, 0.5) is 5.69 Å². The quantitative estimate of drug-likeness (QED) is 0.442. The van der Waals surface area contributed by atoms with Crippen LogP contribution in [0.3, 0.4) is 0 Å². The number of carbonyl (C=O) groups excluding carboxylic acids is 1. The summed E-state index contributed by atoms with van der Waals surface area (Å²) in [6, 6.07) is 5.76. The number of anilines is 1. The lowest BCUT2D eigenvalue weighted by atomic mass is 10.1. The molecule has 1 fully saturated rings. The summed E-state index contributed by atoms with van der Waals surface area (Å²) in [6.07, 6.45) is 3.45. The van der Waals surface area contributed by atoms with Crippen molar-refractivity contribution in [1.82, 2.24) is 15.5 Å². The summed E-state index contributed by atoms with van der Waals surface area (Å²) in [5, 5.41) is 9.69. The Morgan fingerprint density at radius 3 is 2.56 bits per heavy atom. The Bertz CT molecular complexity index is 784. The molecule has 0 spiro atoms. The second-order valence-electron chi connectivity index (χ2n) is 9.79. The molecule has 8 nitrogen and oxygen atoms in total. The predicted octanol–water partition coefficient (Wildman–Crippen LogP) is 2.85. The lowest BCUT2D eigenvalue weighted by Gasteiger charge is -2.22. The summed E-state index contributed by atoms with van der Waals surface area (Å²) in [5.41, 5.74) is 0.551. The van der Waals surface area contributed by atoms with Crippen LogP contribution in [0.2, 0.25) is 0 Å². The maximum absolute atomic E-state index is 12.3. The molecule has 1 unspecified atom stereocenters.